The Hall–Kier alpha value is -0.750. The molecule has 1 rings (SSSR count). The second-order valence-corrected chi connectivity index (χ2v) is 3.76. The van der Waals surface area contributed by atoms with E-state index in [4.69, 9.17) is 11.6 Å². The minimum atomic E-state index is 0.503. The van der Waals surface area contributed by atoms with E-state index in [1.165, 1.54) is 22.3 Å². The van der Waals surface area contributed by atoms with Crippen LogP contribution < -0.4 is 0 Å². The summed E-state index contributed by atoms with van der Waals surface area (Å²) in [6.45, 7) is 10.3. The summed E-state index contributed by atoms with van der Waals surface area (Å²) in [4.78, 5) is 0. The third kappa shape index (κ3) is 2.13. The van der Waals surface area contributed by atoms with Crippen molar-refractivity contribution in [2.45, 2.75) is 20.8 Å². The van der Waals surface area contributed by atoms with Gasteiger partial charge in [0.15, 0.2) is 0 Å². The number of hydrogen-bond donors (Lipinski definition) is 0. The Bertz CT molecular complexity index is 337. The number of benzene rings is 1. The second-order valence-electron chi connectivity index (χ2n) is 3.49. The van der Waals surface area contributed by atoms with Crippen LogP contribution in [0, 0.1) is 20.8 Å². The highest BCUT2D eigenvalue weighted by molar-refractivity contribution is 6.23. The molecule has 13 heavy (non-hydrogen) atoms. The smallest absolute Gasteiger partial charge is 0.0474 e. The fraction of sp³-hybridized carbons (Fsp3) is 0.333. The van der Waals surface area contributed by atoms with E-state index in [0.717, 1.165) is 5.57 Å². The summed E-state index contributed by atoms with van der Waals surface area (Å²) >= 11 is 5.75. The number of aryl methyl sites for hydroxylation is 3. The molecular formula is C12H15Cl. The molecule has 70 valence electrons. The van der Waals surface area contributed by atoms with E-state index in [0.29, 0.717) is 5.88 Å². The molecule has 1 aromatic carbocycles. The first-order chi connectivity index (χ1) is 6.06. The molecule has 0 atom stereocenters. The van der Waals surface area contributed by atoms with Crippen LogP contribution in [0.4, 0.5) is 0 Å². The second kappa shape index (κ2) is 3.97. The van der Waals surface area contributed by atoms with Crippen molar-refractivity contribution in [3.05, 3.63) is 41.0 Å². The lowest BCUT2D eigenvalue weighted by atomic mass is 9.97. The summed E-state index contributed by atoms with van der Waals surface area (Å²) in [6.07, 6.45) is 0. The minimum Gasteiger partial charge on any atom is -0.122 e. The minimum absolute atomic E-state index is 0.503. The van der Waals surface area contributed by atoms with Crippen LogP contribution in [0.3, 0.4) is 0 Å². The third-order valence-corrected chi connectivity index (χ3v) is 2.71. The van der Waals surface area contributed by atoms with Gasteiger partial charge >= 0.3 is 0 Å². The number of hydrogen-bond acceptors (Lipinski definition) is 0. The van der Waals surface area contributed by atoms with Crippen molar-refractivity contribution in [3.63, 3.8) is 0 Å². The molecule has 0 aliphatic heterocycles. The van der Waals surface area contributed by atoms with Crippen LogP contribution in [0.5, 0.6) is 0 Å². The summed E-state index contributed by atoms with van der Waals surface area (Å²) in [5.74, 6) is 0.503. The van der Waals surface area contributed by atoms with Crippen LogP contribution >= 0.6 is 11.6 Å². The average molecular weight is 195 g/mol. The van der Waals surface area contributed by atoms with Crippen LogP contribution in [0.15, 0.2) is 18.7 Å². The van der Waals surface area contributed by atoms with Crippen molar-refractivity contribution in [1.82, 2.24) is 0 Å². The summed E-state index contributed by atoms with van der Waals surface area (Å²) in [5.41, 5.74) is 6.07. The molecule has 0 N–H and O–H groups in total. The zero-order valence-corrected chi connectivity index (χ0v) is 9.20. The normalized spacial score (nSPS) is 10.2. The molecule has 0 aliphatic rings. The fourth-order valence-corrected chi connectivity index (χ4v) is 1.56. The van der Waals surface area contributed by atoms with Gasteiger partial charge in [-0.05, 0) is 48.6 Å². The van der Waals surface area contributed by atoms with Crippen molar-refractivity contribution in [3.8, 4) is 0 Å². The predicted octanol–water partition coefficient (Wildman–Crippen LogP) is 3.86. The lowest BCUT2D eigenvalue weighted by Gasteiger charge is -2.10. The van der Waals surface area contributed by atoms with Gasteiger partial charge < -0.3 is 0 Å². The lowest BCUT2D eigenvalue weighted by molar-refractivity contribution is 1.28. The average Bonchev–Trinajstić information content (AvgIpc) is 2.10. The van der Waals surface area contributed by atoms with Crippen molar-refractivity contribution in [2.75, 3.05) is 5.88 Å². The van der Waals surface area contributed by atoms with Gasteiger partial charge in [0, 0.05) is 5.88 Å². The Kier molecular flexibility index (Phi) is 3.16. The van der Waals surface area contributed by atoms with E-state index in [1.807, 2.05) is 0 Å². The molecule has 0 unspecified atom stereocenters. The van der Waals surface area contributed by atoms with E-state index in [2.05, 4.69) is 39.5 Å². The van der Waals surface area contributed by atoms with E-state index in [-0.39, 0.29) is 0 Å². The highest BCUT2D eigenvalue weighted by atomic mass is 35.5. The Morgan fingerprint density at radius 2 is 1.69 bits per heavy atom. The van der Waals surface area contributed by atoms with Crippen LogP contribution in [-0.4, -0.2) is 5.88 Å². The van der Waals surface area contributed by atoms with Crippen LogP contribution in [0.25, 0.3) is 5.57 Å². The molecule has 0 fully saturated rings. The highest BCUT2D eigenvalue weighted by Crippen LogP contribution is 2.22. The molecule has 0 nitrogen and oxygen atoms in total. The van der Waals surface area contributed by atoms with Crippen LogP contribution in [-0.2, 0) is 0 Å². The van der Waals surface area contributed by atoms with Gasteiger partial charge in [0.25, 0.3) is 0 Å². The number of halogens is 1. The monoisotopic (exact) mass is 194 g/mol. The number of alkyl halides is 1. The van der Waals surface area contributed by atoms with E-state index < -0.39 is 0 Å². The Balaban J connectivity index is 3.23. The molecule has 0 saturated heterocycles. The molecular weight excluding hydrogens is 180 g/mol. The first-order valence-electron chi connectivity index (χ1n) is 4.38. The molecule has 0 bridgehead atoms. The zero-order valence-electron chi connectivity index (χ0n) is 8.45. The van der Waals surface area contributed by atoms with E-state index in [1.54, 1.807) is 0 Å². The largest absolute Gasteiger partial charge is 0.122 e. The van der Waals surface area contributed by atoms with Gasteiger partial charge in [0.2, 0.25) is 0 Å². The Morgan fingerprint density at radius 3 is 2.23 bits per heavy atom. The molecule has 0 heterocycles. The number of rotatable bonds is 2. The van der Waals surface area contributed by atoms with Crippen molar-refractivity contribution < 1.29 is 0 Å². The quantitative estimate of drug-likeness (QED) is 0.628. The highest BCUT2D eigenvalue weighted by Gasteiger charge is 2.03. The fourth-order valence-electron chi connectivity index (χ4n) is 1.41. The van der Waals surface area contributed by atoms with E-state index in [9.17, 15) is 0 Å². The summed E-state index contributed by atoms with van der Waals surface area (Å²) in [5, 5.41) is 0. The molecule has 1 heteroatoms. The van der Waals surface area contributed by atoms with Crippen LogP contribution in [0.1, 0.15) is 22.3 Å². The van der Waals surface area contributed by atoms with Gasteiger partial charge in [-0.15, -0.1) is 11.6 Å². The summed E-state index contributed by atoms with van der Waals surface area (Å²) in [6, 6.07) is 4.35. The molecule has 0 radical (unpaired) electrons. The Morgan fingerprint density at radius 1 is 1.15 bits per heavy atom. The lowest BCUT2D eigenvalue weighted by Crippen LogP contribution is -1.92. The summed E-state index contributed by atoms with van der Waals surface area (Å²) < 4.78 is 0. The standard InChI is InChI=1S/C12H15Cl/c1-8-5-10(3)12(6-9(8)2)11(4)7-13/h5-6H,4,7H2,1-3H3. The van der Waals surface area contributed by atoms with Gasteiger partial charge in [-0.1, -0.05) is 18.7 Å². The Labute approximate surface area is 85.2 Å². The molecule has 0 saturated carbocycles. The van der Waals surface area contributed by atoms with Gasteiger partial charge in [0.05, 0.1) is 0 Å². The first kappa shape index (κ1) is 10.3. The number of allylic oxidation sites excluding steroid dienone is 1. The zero-order chi connectivity index (χ0) is 10.0. The summed E-state index contributed by atoms with van der Waals surface area (Å²) in [7, 11) is 0. The molecule has 0 aliphatic carbocycles. The molecule has 0 amide bonds. The van der Waals surface area contributed by atoms with Crippen molar-refractivity contribution in [1.29, 1.82) is 0 Å². The molecule has 0 spiro atoms. The van der Waals surface area contributed by atoms with Crippen molar-refractivity contribution >= 4 is 17.2 Å². The van der Waals surface area contributed by atoms with Crippen LogP contribution in [0.2, 0.25) is 0 Å². The third-order valence-electron chi connectivity index (χ3n) is 2.38. The topological polar surface area (TPSA) is 0 Å². The molecule has 0 aromatic heterocycles. The maximum atomic E-state index is 5.75. The van der Waals surface area contributed by atoms with Crippen molar-refractivity contribution in [2.24, 2.45) is 0 Å². The molecule has 1 aromatic rings. The maximum absolute atomic E-state index is 5.75. The first-order valence-corrected chi connectivity index (χ1v) is 4.91. The van der Waals surface area contributed by atoms with Gasteiger partial charge in [0.1, 0.15) is 0 Å². The van der Waals surface area contributed by atoms with Gasteiger partial charge in [-0.3, -0.25) is 0 Å². The van der Waals surface area contributed by atoms with Gasteiger partial charge in [-0.2, -0.15) is 0 Å². The predicted molar refractivity (Wildman–Crippen MR) is 60.4 cm³/mol. The van der Waals surface area contributed by atoms with Gasteiger partial charge in [-0.25, -0.2) is 0 Å². The van der Waals surface area contributed by atoms with E-state index >= 15 is 0 Å². The SMILES string of the molecule is C=C(CCl)c1cc(C)c(C)cc1C. The maximum Gasteiger partial charge on any atom is 0.0474 e.